The maximum atomic E-state index is 10.8. The number of H-pyrrole nitrogens is 1. The molecule has 1 aromatic heterocycles. The predicted molar refractivity (Wildman–Crippen MR) is 208 cm³/mol. The second-order valence-electron chi connectivity index (χ2n) is 15.1. The van der Waals surface area contributed by atoms with Gasteiger partial charge in [-0.05, 0) is 108 Å². The lowest BCUT2D eigenvalue weighted by atomic mass is 9.83. The van der Waals surface area contributed by atoms with E-state index in [0.717, 1.165) is 90.8 Å². The third-order valence-corrected chi connectivity index (χ3v) is 10.8. The number of allylic oxidation sites excluding steroid dienone is 1. The summed E-state index contributed by atoms with van der Waals surface area (Å²) in [7, 11) is 3.26. The van der Waals surface area contributed by atoms with Gasteiger partial charge < -0.3 is 23.9 Å². The molecule has 3 aliphatic rings. The van der Waals surface area contributed by atoms with E-state index in [2.05, 4.69) is 60.9 Å². The van der Waals surface area contributed by atoms with E-state index in [9.17, 15) is 5.26 Å². The topological polar surface area (TPSA) is 93.2 Å². The van der Waals surface area contributed by atoms with Crippen LogP contribution in [0.4, 0.5) is 0 Å². The number of nitriles is 1. The van der Waals surface area contributed by atoms with E-state index in [1.165, 1.54) is 5.56 Å². The van der Waals surface area contributed by atoms with Crippen molar-refractivity contribution in [2.75, 3.05) is 14.2 Å². The number of aromatic amines is 1. The fourth-order valence-corrected chi connectivity index (χ4v) is 7.96. The molecule has 2 saturated carbocycles. The smallest absolute Gasteiger partial charge is 0.253 e. The molecular formula is C45H46N4O4. The van der Waals surface area contributed by atoms with Gasteiger partial charge >= 0.3 is 0 Å². The number of hydrogen-bond donors (Lipinski definition) is 1. The molecule has 7 rings (SSSR count). The van der Waals surface area contributed by atoms with Crippen molar-refractivity contribution in [2.45, 2.75) is 83.5 Å². The summed E-state index contributed by atoms with van der Waals surface area (Å²) >= 11 is 0. The molecule has 2 heterocycles. The number of nitrogens with one attached hydrogen (secondary N) is 1. The molecule has 2 aliphatic carbocycles. The summed E-state index contributed by atoms with van der Waals surface area (Å²) in [6.45, 7) is 15.1. The molecule has 0 atom stereocenters. The lowest BCUT2D eigenvalue weighted by molar-refractivity contribution is 0.412. The highest BCUT2D eigenvalue weighted by atomic mass is 16.5. The van der Waals surface area contributed by atoms with Gasteiger partial charge in [0.1, 0.15) is 34.6 Å². The van der Waals surface area contributed by atoms with Gasteiger partial charge in [-0.15, -0.1) is 0 Å². The normalized spacial score (nSPS) is 17.4. The van der Waals surface area contributed by atoms with Crippen molar-refractivity contribution in [3.8, 4) is 34.9 Å². The summed E-state index contributed by atoms with van der Waals surface area (Å²) in [4.78, 5) is 13.0. The number of nitrogens with zero attached hydrogens (tertiary/aromatic N) is 3. The molecular weight excluding hydrogens is 661 g/mol. The van der Waals surface area contributed by atoms with Crippen molar-refractivity contribution in [3.05, 3.63) is 129 Å². The van der Waals surface area contributed by atoms with Crippen molar-refractivity contribution in [2.24, 2.45) is 10.9 Å². The number of benzene rings is 3. The third kappa shape index (κ3) is 7.19. The van der Waals surface area contributed by atoms with Crippen molar-refractivity contribution < 1.29 is 18.9 Å². The Morgan fingerprint density at radius 1 is 0.774 bits per heavy atom. The van der Waals surface area contributed by atoms with E-state index < -0.39 is 0 Å². The summed E-state index contributed by atoms with van der Waals surface area (Å²) in [5.41, 5.74) is 7.30. The molecule has 0 bridgehead atoms. The quantitative estimate of drug-likeness (QED) is 0.175. The summed E-state index contributed by atoms with van der Waals surface area (Å²) in [5.74, 6) is 3.59. The summed E-state index contributed by atoms with van der Waals surface area (Å²) in [5, 5.41) is 10.8. The lowest BCUT2D eigenvalue weighted by Crippen LogP contribution is -2.11. The largest absolute Gasteiger partial charge is 0.497 e. The van der Waals surface area contributed by atoms with E-state index in [1.807, 2.05) is 48.5 Å². The Labute approximate surface area is 312 Å². The molecule has 3 aromatic carbocycles. The highest BCUT2D eigenvalue weighted by Gasteiger charge is 2.38. The minimum absolute atomic E-state index is 0.0440. The average Bonchev–Trinajstić information content (AvgIpc) is 4.00. The van der Waals surface area contributed by atoms with Crippen LogP contribution in [0.2, 0.25) is 0 Å². The standard InChI is InChI=1S/C45H46N4O4/c1-45(2,3)31-17-15-30(16-18-31)38(40-37(28-11-7-8-12-28)36(27-46)43(48-40)52-34-23-19-32(50-5)20-24-34)41-39(29-13-9-10-14-29)42(47-4)44(49-41)53-35-25-21-33(51-6)22-26-35/h15-26,28-29,48H,7-14H2,1-3,5-6H3/b41-38-. The summed E-state index contributed by atoms with van der Waals surface area (Å²) in [6.07, 6.45) is 8.24. The van der Waals surface area contributed by atoms with Crippen LogP contribution in [0, 0.1) is 23.8 Å². The zero-order valence-corrected chi connectivity index (χ0v) is 31.2. The Hall–Kier alpha value is -5.73. The van der Waals surface area contributed by atoms with Gasteiger partial charge in [-0.3, -0.25) is 0 Å². The maximum Gasteiger partial charge on any atom is 0.253 e. The van der Waals surface area contributed by atoms with Crippen LogP contribution < -0.4 is 18.9 Å². The van der Waals surface area contributed by atoms with E-state index in [0.29, 0.717) is 34.4 Å². The Bertz CT molecular complexity index is 2140. The molecule has 8 nitrogen and oxygen atoms in total. The second-order valence-corrected chi connectivity index (χ2v) is 15.1. The van der Waals surface area contributed by atoms with Crippen LogP contribution in [0.5, 0.6) is 28.9 Å². The monoisotopic (exact) mass is 706 g/mol. The first-order chi connectivity index (χ1) is 25.7. The van der Waals surface area contributed by atoms with Crippen LogP contribution in [0.3, 0.4) is 0 Å². The van der Waals surface area contributed by atoms with Crippen molar-refractivity contribution in [1.82, 2.24) is 4.98 Å². The van der Waals surface area contributed by atoms with Crippen LogP contribution in [0.1, 0.15) is 106 Å². The Balaban J connectivity index is 1.49. The summed E-state index contributed by atoms with van der Waals surface area (Å²) in [6, 6.07) is 25.9. The average molecular weight is 707 g/mol. The van der Waals surface area contributed by atoms with Gasteiger partial charge in [-0.2, -0.15) is 5.26 Å². The van der Waals surface area contributed by atoms with Crippen molar-refractivity contribution in [1.29, 1.82) is 5.26 Å². The molecule has 4 aromatic rings. The predicted octanol–water partition coefficient (Wildman–Crippen LogP) is 11.3. The molecule has 0 spiro atoms. The molecule has 53 heavy (non-hydrogen) atoms. The number of ether oxygens (including phenoxy) is 4. The van der Waals surface area contributed by atoms with Crippen LogP contribution in [-0.2, 0) is 5.41 Å². The minimum atomic E-state index is -0.0440. The highest BCUT2D eigenvalue weighted by Crippen LogP contribution is 2.50. The second kappa shape index (κ2) is 15.1. The van der Waals surface area contributed by atoms with Crippen molar-refractivity contribution in [3.63, 3.8) is 0 Å². The van der Waals surface area contributed by atoms with Gasteiger partial charge in [-0.25, -0.2) is 9.84 Å². The zero-order chi connectivity index (χ0) is 37.1. The number of methoxy groups -OCH3 is 2. The maximum absolute atomic E-state index is 10.8. The molecule has 0 unspecified atom stereocenters. The first kappa shape index (κ1) is 35.7. The van der Waals surface area contributed by atoms with Gasteiger partial charge in [0.05, 0.1) is 32.2 Å². The Morgan fingerprint density at radius 3 is 1.81 bits per heavy atom. The van der Waals surface area contributed by atoms with Crippen LogP contribution >= 0.6 is 0 Å². The number of aliphatic imine (C=N–C) groups is 1. The Morgan fingerprint density at radius 2 is 1.30 bits per heavy atom. The summed E-state index contributed by atoms with van der Waals surface area (Å²) < 4.78 is 23.7. The number of aromatic nitrogens is 1. The van der Waals surface area contributed by atoms with Gasteiger partial charge in [-0.1, -0.05) is 70.7 Å². The van der Waals surface area contributed by atoms with E-state index in [-0.39, 0.29) is 23.1 Å². The number of hydrogen-bond acceptors (Lipinski definition) is 6. The van der Waals surface area contributed by atoms with Gasteiger partial charge in [0.2, 0.25) is 11.8 Å². The molecule has 1 N–H and O–H groups in total. The molecule has 270 valence electrons. The van der Waals surface area contributed by atoms with Gasteiger partial charge in [0.15, 0.2) is 0 Å². The Kier molecular flexibility index (Phi) is 10.2. The molecule has 0 amide bonds. The van der Waals surface area contributed by atoms with Crippen LogP contribution in [-0.4, -0.2) is 25.1 Å². The van der Waals surface area contributed by atoms with Crippen LogP contribution in [0.15, 0.2) is 94.8 Å². The fraction of sp³-hybridized carbons (Fsp3) is 0.356. The third-order valence-electron chi connectivity index (χ3n) is 10.8. The van der Waals surface area contributed by atoms with E-state index in [4.69, 9.17) is 30.5 Å². The first-order valence-corrected chi connectivity index (χ1v) is 18.6. The van der Waals surface area contributed by atoms with Crippen molar-refractivity contribution >= 4 is 11.5 Å². The molecule has 0 saturated heterocycles. The molecule has 2 fully saturated rings. The first-order valence-electron chi connectivity index (χ1n) is 18.6. The molecule has 0 radical (unpaired) electrons. The van der Waals surface area contributed by atoms with E-state index in [1.54, 1.807) is 14.2 Å². The number of rotatable bonds is 9. The van der Waals surface area contributed by atoms with E-state index >= 15 is 0 Å². The SMILES string of the molecule is [C-]#[N+]C1=C(C2CCCC2)/C(=C(\c2ccc(C(C)(C)C)cc2)c2[nH]c(Oc3ccc(OC)cc3)c(C#N)c2C2CCCC2)N=C1Oc1ccc(OC)cc1. The molecule has 8 heteroatoms. The lowest BCUT2D eigenvalue weighted by Gasteiger charge is -2.22. The highest BCUT2D eigenvalue weighted by molar-refractivity contribution is 6.05. The fourth-order valence-electron chi connectivity index (χ4n) is 7.96. The van der Waals surface area contributed by atoms with Gasteiger partial charge in [0.25, 0.3) is 5.70 Å². The zero-order valence-electron chi connectivity index (χ0n) is 31.2. The van der Waals surface area contributed by atoms with Crippen LogP contribution in [0.25, 0.3) is 10.4 Å². The molecule has 1 aliphatic heterocycles. The minimum Gasteiger partial charge on any atom is -0.497 e. The van der Waals surface area contributed by atoms with Gasteiger partial charge in [0, 0.05) is 11.1 Å².